The zero-order valence-electron chi connectivity index (χ0n) is 11.8. The van der Waals surface area contributed by atoms with Crippen molar-refractivity contribution in [3.63, 3.8) is 0 Å². The number of non-ortho nitro benzene ring substituents is 1. The molecule has 0 unspecified atom stereocenters. The molecule has 0 aliphatic heterocycles. The van der Waals surface area contributed by atoms with E-state index in [1.165, 1.54) is 6.07 Å². The summed E-state index contributed by atoms with van der Waals surface area (Å²) in [6.07, 6.45) is 1.82. The molecule has 2 aromatic rings. The molecule has 0 atom stereocenters. The molecule has 2 rings (SSSR count). The van der Waals surface area contributed by atoms with Crippen LogP contribution in [0.4, 0.5) is 5.69 Å². The monoisotopic (exact) mass is 274 g/mol. The molecule has 6 heteroatoms. The lowest BCUT2D eigenvalue weighted by Gasteiger charge is -2.07. The first-order chi connectivity index (χ1) is 9.47. The van der Waals surface area contributed by atoms with Gasteiger partial charge in [-0.25, -0.2) is 4.68 Å². The third kappa shape index (κ3) is 3.21. The number of aryl methyl sites for hydroxylation is 1. The Labute approximate surface area is 117 Å². The lowest BCUT2D eigenvalue weighted by Crippen LogP contribution is -2.22. The second-order valence-corrected chi connectivity index (χ2v) is 5.02. The zero-order valence-corrected chi connectivity index (χ0v) is 11.8. The van der Waals surface area contributed by atoms with Gasteiger partial charge in [0.25, 0.3) is 5.69 Å². The van der Waals surface area contributed by atoms with Crippen LogP contribution in [0.1, 0.15) is 25.1 Å². The molecule has 1 aromatic heterocycles. The fourth-order valence-corrected chi connectivity index (χ4v) is 1.86. The molecular formula is C14H18N4O2. The van der Waals surface area contributed by atoms with E-state index in [1.807, 2.05) is 19.2 Å². The van der Waals surface area contributed by atoms with Gasteiger partial charge in [0.2, 0.25) is 0 Å². The lowest BCUT2D eigenvalue weighted by atomic mass is 10.2. The van der Waals surface area contributed by atoms with Gasteiger partial charge in [0, 0.05) is 30.9 Å². The highest BCUT2D eigenvalue weighted by molar-refractivity contribution is 5.48. The smallest absolute Gasteiger partial charge is 0.271 e. The Morgan fingerprint density at radius 2 is 2.15 bits per heavy atom. The number of rotatable bonds is 5. The molecule has 0 saturated carbocycles. The highest BCUT2D eigenvalue weighted by atomic mass is 16.6. The van der Waals surface area contributed by atoms with Crippen LogP contribution in [0.15, 0.2) is 30.5 Å². The van der Waals surface area contributed by atoms with Gasteiger partial charge in [-0.15, -0.1) is 0 Å². The van der Waals surface area contributed by atoms with Crippen molar-refractivity contribution in [3.8, 4) is 5.69 Å². The van der Waals surface area contributed by atoms with E-state index >= 15 is 0 Å². The maximum atomic E-state index is 10.8. The van der Waals surface area contributed by atoms with Crippen LogP contribution >= 0.6 is 0 Å². The molecule has 20 heavy (non-hydrogen) atoms. The first kappa shape index (κ1) is 14.2. The SMILES string of the molecule is Cc1ccc([N+](=O)[O-])cc1-n1ccc(CNC(C)C)n1. The Morgan fingerprint density at radius 3 is 2.80 bits per heavy atom. The molecule has 0 aliphatic carbocycles. The van der Waals surface area contributed by atoms with Gasteiger partial charge < -0.3 is 5.32 Å². The van der Waals surface area contributed by atoms with Crippen LogP contribution < -0.4 is 5.32 Å². The minimum Gasteiger partial charge on any atom is -0.309 e. The molecule has 1 N–H and O–H groups in total. The number of aromatic nitrogens is 2. The van der Waals surface area contributed by atoms with Gasteiger partial charge in [0.1, 0.15) is 0 Å². The molecule has 106 valence electrons. The summed E-state index contributed by atoms with van der Waals surface area (Å²) in [5.41, 5.74) is 2.66. The molecular weight excluding hydrogens is 256 g/mol. The van der Waals surface area contributed by atoms with Gasteiger partial charge in [-0.2, -0.15) is 5.10 Å². The summed E-state index contributed by atoms with van der Waals surface area (Å²) in [4.78, 5) is 10.4. The van der Waals surface area contributed by atoms with E-state index < -0.39 is 4.92 Å². The quantitative estimate of drug-likeness (QED) is 0.672. The van der Waals surface area contributed by atoms with Crippen LogP contribution in [0.3, 0.4) is 0 Å². The first-order valence-corrected chi connectivity index (χ1v) is 6.50. The summed E-state index contributed by atoms with van der Waals surface area (Å²) in [7, 11) is 0. The van der Waals surface area contributed by atoms with Crippen molar-refractivity contribution >= 4 is 5.69 Å². The van der Waals surface area contributed by atoms with Crippen molar-refractivity contribution in [2.75, 3.05) is 0 Å². The van der Waals surface area contributed by atoms with Gasteiger partial charge >= 0.3 is 0 Å². The average Bonchev–Trinajstić information content (AvgIpc) is 2.85. The second-order valence-electron chi connectivity index (χ2n) is 5.02. The summed E-state index contributed by atoms with van der Waals surface area (Å²) >= 11 is 0. The van der Waals surface area contributed by atoms with Crippen molar-refractivity contribution in [3.05, 3.63) is 51.8 Å². The topological polar surface area (TPSA) is 73.0 Å². The summed E-state index contributed by atoms with van der Waals surface area (Å²) in [6, 6.07) is 7.08. The highest BCUT2D eigenvalue weighted by Crippen LogP contribution is 2.20. The van der Waals surface area contributed by atoms with E-state index in [4.69, 9.17) is 0 Å². The maximum absolute atomic E-state index is 10.8. The molecule has 1 aromatic carbocycles. The fraction of sp³-hybridized carbons (Fsp3) is 0.357. The van der Waals surface area contributed by atoms with Gasteiger partial charge in [-0.1, -0.05) is 19.9 Å². The Morgan fingerprint density at radius 1 is 1.40 bits per heavy atom. The maximum Gasteiger partial charge on any atom is 0.271 e. The number of benzene rings is 1. The normalized spacial score (nSPS) is 11.0. The molecule has 0 aliphatic rings. The minimum atomic E-state index is -0.395. The Kier molecular flexibility index (Phi) is 4.14. The van der Waals surface area contributed by atoms with Crippen molar-refractivity contribution in [1.29, 1.82) is 0 Å². The average molecular weight is 274 g/mol. The molecule has 0 bridgehead atoms. The Hall–Kier alpha value is -2.21. The van der Waals surface area contributed by atoms with Crippen molar-refractivity contribution in [1.82, 2.24) is 15.1 Å². The van der Waals surface area contributed by atoms with Crippen molar-refractivity contribution in [2.45, 2.75) is 33.4 Å². The second kappa shape index (κ2) is 5.83. The fourth-order valence-electron chi connectivity index (χ4n) is 1.86. The van der Waals surface area contributed by atoms with Gasteiger partial charge in [-0.05, 0) is 18.6 Å². The van der Waals surface area contributed by atoms with Crippen LogP contribution in [0, 0.1) is 17.0 Å². The third-order valence-corrected chi connectivity index (χ3v) is 2.99. The molecule has 0 fully saturated rings. The third-order valence-electron chi connectivity index (χ3n) is 2.99. The number of hydrogen-bond donors (Lipinski definition) is 1. The molecule has 0 saturated heterocycles. The molecule has 0 spiro atoms. The lowest BCUT2D eigenvalue weighted by molar-refractivity contribution is -0.384. The van der Waals surface area contributed by atoms with Crippen LogP contribution in [0.5, 0.6) is 0 Å². The molecule has 1 heterocycles. The first-order valence-electron chi connectivity index (χ1n) is 6.50. The van der Waals surface area contributed by atoms with Gasteiger partial charge in [0.05, 0.1) is 16.3 Å². The van der Waals surface area contributed by atoms with Crippen molar-refractivity contribution < 1.29 is 4.92 Å². The molecule has 6 nitrogen and oxygen atoms in total. The van der Waals surface area contributed by atoms with Crippen LogP contribution in [-0.2, 0) is 6.54 Å². The van der Waals surface area contributed by atoms with E-state index in [9.17, 15) is 10.1 Å². The summed E-state index contributed by atoms with van der Waals surface area (Å²) < 4.78 is 1.68. The number of nitrogens with one attached hydrogen (secondary N) is 1. The number of nitro benzene ring substituents is 1. The highest BCUT2D eigenvalue weighted by Gasteiger charge is 2.11. The summed E-state index contributed by atoms with van der Waals surface area (Å²) in [6.45, 7) is 6.73. The number of nitro groups is 1. The predicted molar refractivity (Wildman–Crippen MR) is 76.9 cm³/mol. The standard InChI is InChI=1S/C14H18N4O2/c1-10(2)15-9-12-6-7-17(16-12)14-8-13(18(19)20)5-4-11(14)3/h4-8,10,15H,9H2,1-3H3. The Balaban J connectivity index is 2.27. The van der Waals surface area contributed by atoms with Crippen molar-refractivity contribution in [2.24, 2.45) is 0 Å². The zero-order chi connectivity index (χ0) is 14.7. The van der Waals surface area contributed by atoms with E-state index in [0.29, 0.717) is 12.6 Å². The Bertz CT molecular complexity index is 619. The van der Waals surface area contributed by atoms with E-state index in [2.05, 4.69) is 24.3 Å². The van der Waals surface area contributed by atoms with Gasteiger partial charge in [0.15, 0.2) is 0 Å². The van der Waals surface area contributed by atoms with Crippen LogP contribution in [0.2, 0.25) is 0 Å². The predicted octanol–water partition coefficient (Wildman–Crippen LogP) is 2.59. The number of nitrogens with zero attached hydrogens (tertiary/aromatic N) is 3. The largest absolute Gasteiger partial charge is 0.309 e. The number of hydrogen-bond acceptors (Lipinski definition) is 4. The van der Waals surface area contributed by atoms with E-state index in [1.54, 1.807) is 16.8 Å². The summed E-state index contributed by atoms with van der Waals surface area (Å²) in [5.74, 6) is 0. The van der Waals surface area contributed by atoms with E-state index in [0.717, 1.165) is 16.9 Å². The van der Waals surface area contributed by atoms with Crippen LogP contribution in [-0.4, -0.2) is 20.7 Å². The van der Waals surface area contributed by atoms with Crippen LogP contribution in [0.25, 0.3) is 5.69 Å². The summed E-state index contributed by atoms with van der Waals surface area (Å²) in [5, 5.41) is 18.6. The minimum absolute atomic E-state index is 0.0722. The molecule has 0 amide bonds. The molecule has 0 radical (unpaired) electrons. The van der Waals surface area contributed by atoms with Gasteiger partial charge in [-0.3, -0.25) is 10.1 Å². The van der Waals surface area contributed by atoms with E-state index in [-0.39, 0.29) is 5.69 Å².